The molecule has 6 heteroatoms. The van der Waals surface area contributed by atoms with Crippen LogP contribution < -0.4 is 0 Å². The molecule has 17 heavy (non-hydrogen) atoms. The zero-order valence-electron chi connectivity index (χ0n) is 10.5. The Labute approximate surface area is 101 Å². The van der Waals surface area contributed by atoms with E-state index in [-0.39, 0.29) is 19.1 Å². The predicted molar refractivity (Wildman–Crippen MR) is 63.4 cm³/mol. The summed E-state index contributed by atoms with van der Waals surface area (Å²) >= 11 is 0. The highest BCUT2D eigenvalue weighted by Gasteiger charge is 2.11. The number of aliphatic hydroxyl groups is 1. The first-order valence-corrected chi connectivity index (χ1v) is 5.98. The molecule has 1 heterocycles. The van der Waals surface area contributed by atoms with E-state index in [1.165, 1.54) is 0 Å². The second-order valence-corrected chi connectivity index (χ2v) is 3.80. The molecule has 1 aromatic rings. The van der Waals surface area contributed by atoms with Crippen LogP contribution in [0, 0.1) is 0 Å². The van der Waals surface area contributed by atoms with Crippen molar-refractivity contribution in [3.8, 4) is 0 Å². The number of rotatable bonds is 7. The fraction of sp³-hybridized carbons (Fsp3) is 0.727. The molecule has 1 rings (SSSR count). The molecular formula is C11H20N4O2. The summed E-state index contributed by atoms with van der Waals surface area (Å²) < 4.78 is 1.55. The van der Waals surface area contributed by atoms with E-state index in [4.69, 9.17) is 5.11 Å². The minimum Gasteiger partial charge on any atom is -0.396 e. The summed E-state index contributed by atoms with van der Waals surface area (Å²) in [5.41, 5.74) is 0.811. The summed E-state index contributed by atoms with van der Waals surface area (Å²) in [6, 6.07) is 0. The molecule has 0 aliphatic carbocycles. The van der Waals surface area contributed by atoms with Crippen LogP contribution in [0.25, 0.3) is 0 Å². The summed E-state index contributed by atoms with van der Waals surface area (Å²) in [5, 5.41) is 16.5. The second kappa shape index (κ2) is 7.01. The largest absolute Gasteiger partial charge is 0.396 e. The molecule has 0 fully saturated rings. The van der Waals surface area contributed by atoms with E-state index >= 15 is 0 Å². The van der Waals surface area contributed by atoms with Crippen molar-refractivity contribution in [3.63, 3.8) is 0 Å². The van der Waals surface area contributed by atoms with Gasteiger partial charge in [0, 0.05) is 25.9 Å². The van der Waals surface area contributed by atoms with Crippen LogP contribution in [0.5, 0.6) is 0 Å². The van der Waals surface area contributed by atoms with Gasteiger partial charge in [0.15, 0.2) is 0 Å². The quantitative estimate of drug-likeness (QED) is 0.732. The molecule has 0 bridgehead atoms. The third-order valence-corrected chi connectivity index (χ3v) is 2.59. The molecule has 1 aromatic heterocycles. The van der Waals surface area contributed by atoms with Gasteiger partial charge in [-0.1, -0.05) is 5.21 Å². The van der Waals surface area contributed by atoms with Gasteiger partial charge in [0.2, 0.25) is 5.91 Å². The summed E-state index contributed by atoms with van der Waals surface area (Å²) in [7, 11) is 0. The smallest absolute Gasteiger partial charge is 0.244 e. The summed E-state index contributed by atoms with van der Waals surface area (Å²) in [5.74, 6) is 0.0496. The first kappa shape index (κ1) is 13.6. The highest BCUT2D eigenvalue weighted by molar-refractivity contribution is 5.75. The maximum absolute atomic E-state index is 11.8. The van der Waals surface area contributed by atoms with Crippen molar-refractivity contribution in [2.75, 3.05) is 19.7 Å². The normalized spacial score (nSPS) is 10.5. The number of carbonyl (C=O) groups excluding carboxylic acids is 1. The van der Waals surface area contributed by atoms with E-state index in [1.54, 1.807) is 15.8 Å². The van der Waals surface area contributed by atoms with Crippen LogP contribution in [0.4, 0.5) is 0 Å². The van der Waals surface area contributed by atoms with Crippen molar-refractivity contribution in [2.24, 2.45) is 0 Å². The maximum atomic E-state index is 11.8. The average molecular weight is 240 g/mol. The zero-order chi connectivity index (χ0) is 12.7. The number of carbonyl (C=O) groups is 1. The van der Waals surface area contributed by atoms with Gasteiger partial charge in [-0.3, -0.25) is 4.79 Å². The zero-order valence-corrected chi connectivity index (χ0v) is 10.5. The van der Waals surface area contributed by atoms with Crippen molar-refractivity contribution < 1.29 is 9.90 Å². The number of aliphatic hydroxyl groups excluding tert-OH is 1. The molecule has 96 valence electrons. The summed E-state index contributed by atoms with van der Waals surface area (Å²) in [4.78, 5) is 13.6. The van der Waals surface area contributed by atoms with Gasteiger partial charge in [0.25, 0.3) is 0 Å². The van der Waals surface area contributed by atoms with Gasteiger partial charge in [-0.15, -0.1) is 5.10 Å². The molecule has 0 unspecified atom stereocenters. The van der Waals surface area contributed by atoms with Crippen LogP contribution in [-0.4, -0.2) is 50.6 Å². The minimum absolute atomic E-state index is 0.0496. The Morgan fingerprint density at radius 3 is 2.76 bits per heavy atom. The lowest BCUT2D eigenvalue weighted by Crippen LogP contribution is -2.33. The van der Waals surface area contributed by atoms with Gasteiger partial charge >= 0.3 is 0 Å². The molecule has 0 radical (unpaired) electrons. The Balaban J connectivity index is 2.51. The van der Waals surface area contributed by atoms with Crippen molar-refractivity contribution in [1.82, 2.24) is 19.9 Å². The fourth-order valence-electron chi connectivity index (χ4n) is 1.61. The van der Waals surface area contributed by atoms with E-state index in [0.29, 0.717) is 25.9 Å². The van der Waals surface area contributed by atoms with Crippen LogP contribution in [0.1, 0.15) is 26.0 Å². The first-order valence-electron chi connectivity index (χ1n) is 5.98. The molecule has 0 aliphatic heterocycles. The number of hydrogen-bond acceptors (Lipinski definition) is 4. The Kier molecular flexibility index (Phi) is 5.62. The number of aryl methyl sites for hydroxylation is 1. The fourth-order valence-corrected chi connectivity index (χ4v) is 1.61. The van der Waals surface area contributed by atoms with E-state index < -0.39 is 0 Å². The molecule has 0 spiro atoms. The molecule has 0 atom stereocenters. The molecule has 0 saturated heterocycles. The molecule has 0 aromatic carbocycles. The Hall–Kier alpha value is -1.43. The van der Waals surface area contributed by atoms with Crippen LogP contribution in [0.3, 0.4) is 0 Å². The topological polar surface area (TPSA) is 71.2 Å². The van der Waals surface area contributed by atoms with Gasteiger partial charge in [0.1, 0.15) is 6.54 Å². The lowest BCUT2D eigenvalue weighted by Gasteiger charge is -2.17. The molecule has 1 N–H and O–H groups in total. The number of nitrogens with zero attached hydrogens (tertiary/aromatic N) is 4. The van der Waals surface area contributed by atoms with E-state index in [1.807, 2.05) is 13.8 Å². The Morgan fingerprint density at radius 2 is 2.18 bits per heavy atom. The predicted octanol–water partition coefficient (Wildman–Crippen LogP) is 0.0714. The maximum Gasteiger partial charge on any atom is 0.244 e. The molecule has 1 amide bonds. The lowest BCUT2D eigenvalue weighted by molar-refractivity contribution is -0.131. The second-order valence-electron chi connectivity index (χ2n) is 3.80. The third-order valence-electron chi connectivity index (χ3n) is 2.59. The molecule has 0 aliphatic rings. The van der Waals surface area contributed by atoms with E-state index in [0.717, 1.165) is 5.69 Å². The molecule has 0 saturated carbocycles. The SMILES string of the molecule is CCN(CC)C(=O)Cn1cc(CCCO)nn1. The standard InChI is InChI=1S/C11H20N4O2/c1-3-14(4-2)11(17)9-15-8-10(12-13-15)6-5-7-16/h8,16H,3-7,9H2,1-2H3. The lowest BCUT2D eigenvalue weighted by atomic mass is 10.3. The number of aromatic nitrogens is 3. The van der Waals surface area contributed by atoms with Gasteiger partial charge in [-0.25, -0.2) is 4.68 Å². The van der Waals surface area contributed by atoms with Crippen molar-refractivity contribution in [2.45, 2.75) is 33.2 Å². The highest BCUT2D eigenvalue weighted by atomic mass is 16.2. The van der Waals surface area contributed by atoms with E-state index in [2.05, 4.69) is 10.3 Å². The van der Waals surface area contributed by atoms with Crippen molar-refractivity contribution in [1.29, 1.82) is 0 Å². The molecular weight excluding hydrogens is 220 g/mol. The van der Waals surface area contributed by atoms with Crippen molar-refractivity contribution >= 4 is 5.91 Å². The van der Waals surface area contributed by atoms with Gasteiger partial charge < -0.3 is 10.0 Å². The first-order chi connectivity index (χ1) is 8.21. The minimum atomic E-state index is 0.0496. The number of likely N-dealkylation sites (N-methyl/N-ethyl adjacent to an activating group) is 1. The van der Waals surface area contributed by atoms with Crippen LogP contribution in [-0.2, 0) is 17.8 Å². The average Bonchev–Trinajstić information content (AvgIpc) is 2.75. The summed E-state index contributed by atoms with van der Waals surface area (Å²) in [6.07, 6.45) is 3.12. The van der Waals surface area contributed by atoms with Gasteiger partial charge in [-0.05, 0) is 26.7 Å². The van der Waals surface area contributed by atoms with E-state index in [9.17, 15) is 4.79 Å². The number of amides is 1. The Morgan fingerprint density at radius 1 is 1.47 bits per heavy atom. The van der Waals surface area contributed by atoms with Crippen molar-refractivity contribution in [3.05, 3.63) is 11.9 Å². The van der Waals surface area contributed by atoms with Gasteiger partial charge in [-0.2, -0.15) is 0 Å². The Bertz CT molecular complexity index is 347. The third kappa shape index (κ3) is 4.14. The monoisotopic (exact) mass is 240 g/mol. The summed E-state index contributed by atoms with van der Waals surface area (Å²) in [6.45, 7) is 5.70. The van der Waals surface area contributed by atoms with Gasteiger partial charge in [0.05, 0.1) is 5.69 Å². The van der Waals surface area contributed by atoms with Crippen LogP contribution in [0.2, 0.25) is 0 Å². The highest BCUT2D eigenvalue weighted by Crippen LogP contribution is 1.99. The number of hydrogen-bond donors (Lipinski definition) is 1. The van der Waals surface area contributed by atoms with Crippen LogP contribution in [0.15, 0.2) is 6.20 Å². The molecule has 6 nitrogen and oxygen atoms in total. The van der Waals surface area contributed by atoms with Crippen LogP contribution >= 0.6 is 0 Å².